The zero-order valence-corrected chi connectivity index (χ0v) is 21.6. The highest BCUT2D eigenvalue weighted by atomic mass is 127. The number of nitrogens with one attached hydrogen (secondary N) is 3. The van der Waals surface area contributed by atoms with E-state index in [0.29, 0.717) is 43.0 Å². The van der Waals surface area contributed by atoms with Crippen LogP contribution in [0.25, 0.3) is 0 Å². The van der Waals surface area contributed by atoms with Gasteiger partial charge in [0.15, 0.2) is 5.96 Å². The molecular weight excluding hydrogens is 531 g/mol. The van der Waals surface area contributed by atoms with Crippen molar-refractivity contribution in [3.05, 3.63) is 28.8 Å². The van der Waals surface area contributed by atoms with Gasteiger partial charge in [0.2, 0.25) is 5.91 Å². The number of nitrogens with zero attached hydrogens (tertiary/aromatic N) is 1. The fourth-order valence-electron chi connectivity index (χ4n) is 3.11. The average molecular weight is 567 g/mol. The summed E-state index contributed by atoms with van der Waals surface area (Å²) in [6.07, 6.45) is 3.40. The largest absolute Gasteiger partial charge is 0.381 e. The van der Waals surface area contributed by atoms with Crippen molar-refractivity contribution in [3.63, 3.8) is 0 Å². The quantitative estimate of drug-likeness (QED) is 0.163. The number of aliphatic imine (C=N–C) groups is 1. The van der Waals surface area contributed by atoms with E-state index in [9.17, 15) is 4.79 Å². The number of ether oxygens (including phenoxy) is 2. The second kappa shape index (κ2) is 16.5. The molecule has 7 nitrogen and oxygen atoms in total. The third-order valence-corrected chi connectivity index (χ3v) is 5.35. The molecule has 3 N–H and O–H groups in total. The zero-order chi connectivity index (χ0) is 21.6. The molecule has 1 amide bonds. The molecule has 0 aromatic heterocycles. The van der Waals surface area contributed by atoms with Gasteiger partial charge in [0.25, 0.3) is 0 Å². The van der Waals surface area contributed by atoms with Crippen LogP contribution in [0.4, 0.5) is 5.69 Å². The van der Waals surface area contributed by atoms with Gasteiger partial charge in [0, 0.05) is 63.2 Å². The third-order valence-electron chi connectivity index (χ3n) is 4.94. The van der Waals surface area contributed by atoms with E-state index in [4.69, 9.17) is 21.1 Å². The summed E-state index contributed by atoms with van der Waals surface area (Å²) in [7, 11) is 0. The number of rotatable bonds is 11. The fourth-order valence-corrected chi connectivity index (χ4v) is 3.29. The van der Waals surface area contributed by atoms with Gasteiger partial charge in [-0.15, -0.1) is 24.0 Å². The molecule has 176 valence electrons. The van der Waals surface area contributed by atoms with Crippen LogP contribution >= 0.6 is 35.6 Å². The van der Waals surface area contributed by atoms with E-state index in [1.54, 1.807) is 0 Å². The van der Waals surface area contributed by atoms with Crippen LogP contribution in [0.2, 0.25) is 5.02 Å². The molecule has 1 fully saturated rings. The van der Waals surface area contributed by atoms with Gasteiger partial charge >= 0.3 is 0 Å². The maximum absolute atomic E-state index is 12.2. The van der Waals surface area contributed by atoms with Gasteiger partial charge in [0.1, 0.15) is 0 Å². The Balaban J connectivity index is 0.00000480. The monoisotopic (exact) mass is 566 g/mol. The first-order valence-corrected chi connectivity index (χ1v) is 11.2. The van der Waals surface area contributed by atoms with Crippen molar-refractivity contribution in [2.24, 2.45) is 10.9 Å². The first kappa shape index (κ1) is 27.9. The number of benzene rings is 1. The number of carbonyl (C=O) groups is 1. The molecule has 2 rings (SSSR count). The summed E-state index contributed by atoms with van der Waals surface area (Å²) in [6.45, 7) is 9.07. The second-order valence-electron chi connectivity index (χ2n) is 7.38. The van der Waals surface area contributed by atoms with Gasteiger partial charge in [-0.25, -0.2) is 0 Å². The Morgan fingerprint density at radius 2 is 2.06 bits per heavy atom. The molecule has 1 aliphatic rings. The standard InChI is InChI=1S/C22H35ClN4O3.HI/c1-3-24-22(25-11-5-13-30-16-18-9-14-29-15-10-18)26-12-8-21(28)27-20-7-4-6-19(23)17(20)2;/h4,6-7,18H,3,5,8-16H2,1-2H3,(H,27,28)(H2,24,25,26);1H. The van der Waals surface area contributed by atoms with Crippen molar-refractivity contribution in [2.75, 3.05) is 51.4 Å². The summed E-state index contributed by atoms with van der Waals surface area (Å²) in [6, 6.07) is 5.48. The molecule has 0 atom stereocenters. The third kappa shape index (κ3) is 11.4. The summed E-state index contributed by atoms with van der Waals surface area (Å²) in [4.78, 5) is 16.7. The molecule has 1 saturated heterocycles. The first-order valence-electron chi connectivity index (χ1n) is 10.8. The Hall–Kier alpha value is -1.10. The van der Waals surface area contributed by atoms with Crippen molar-refractivity contribution in [1.29, 1.82) is 0 Å². The first-order chi connectivity index (χ1) is 14.6. The summed E-state index contributed by atoms with van der Waals surface area (Å²) in [5.74, 6) is 1.28. The van der Waals surface area contributed by atoms with Gasteiger partial charge in [0.05, 0.1) is 0 Å². The topological polar surface area (TPSA) is 84.0 Å². The average Bonchev–Trinajstić information content (AvgIpc) is 2.74. The van der Waals surface area contributed by atoms with E-state index in [1.807, 2.05) is 32.0 Å². The highest BCUT2D eigenvalue weighted by Gasteiger charge is 2.13. The molecule has 1 aromatic rings. The lowest BCUT2D eigenvalue weighted by Gasteiger charge is -2.21. The Morgan fingerprint density at radius 3 is 2.81 bits per heavy atom. The van der Waals surface area contributed by atoms with Crippen molar-refractivity contribution >= 4 is 53.1 Å². The predicted molar refractivity (Wildman–Crippen MR) is 138 cm³/mol. The molecule has 1 aromatic carbocycles. The molecule has 9 heteroatoms. The molecule has 1 aliphatic heterocycles. The number of anilines is 1. The van der Waals surface area contributed by atoms with Crippen LogP contribution in [0.1, 0.15) is 38.2 Å². The van der Waals surface area contributed by atoms with Gasteiger partial charge in [-0.2, -0.15) is 0 Å². The van der Waals surface area contributed by atoms with Crippen LogP contribution in [0.3, 0.4) is 0 Å². The number of halogens is 2. The van der Waals surface area contributed by atoms with Crippen molar-refractivity contribution in [2.45, 2.75) is 39.5 Å². The fraction of sp³-hybridized carbons (Fsp3) is 0.636. The number of amides is 1. The van der Waals surface area contributed by atoms with E-state index in [0.717, 1.165) is 56.9 Å². The smallest absolute Gasteiger partial charge is 0.226 e. The highest BCUT2D eigenvalue weighted by Crippen LogP contribution is 2.22. The highest BCUT2D eigenvalue weighted by molar-refractivity contribution is 14.0. The van der Waals surface area contributed by atoms with Crippen molar-refractivity contribution in [1.82, 2.24) is 10.6 Å². The molecule has 0 spiro atoms. The molecule has 31 heavy (non-hydrogen) atoms. The van der Waals surface area contributed by atoms with E-state index < -0.39 is 0 Å². The van der Waals surface area contributed by atoms with Gasteiger partial charge in [-0.1, -0.05) is 17.7 Å². The maximum Gasteiger partial charge on any atom is 0.226 e. The lowest BCUT2D eigenvalue weighted by atomic mass is 10.0. The zero-order valence-electron chi connectivity index (χ0n) is 18.5. The van der Waals surface area contributed by atoms with E-state index in [2.05, 4.69) is 20.9 Å². The Labute approximate surface area is 208 Å². The van der Waals surface area contributed by atoms with E-state index >= 15 is 0 Å². The molecule has 0 saturated carbocycles. The lowest BCUT2D eigenvalue weighted by molar-refractivity contribution is -0.116. The number of carbonyl (C=O) groups excluding carboxylic acids is 1. The van der Waals surface area contributed by atoms with Crippen LogP contribution in [0.5, 0.6) is 0 Å². The Kier molecular flexibility index (Phi) is 14.9. The molecule has 0 aliphatic carbocycles. The van der Waals surface area contributed by atoms with Crippen molar-refractivity contribution in [3.8, 4) is 0 Å². The molecule has 0 unspecified atom stereocenters. The number of guanidine groups is 1. The molecule has 0 bridgehead atoms. The Bertz CT molecular complexity index is 685. The Morgan fingerprint density at radius 1 is 1.29 bits per heavy atom. The van der Waals surface area contributed by atoms with Crippen LogP contribution < -0.4 is 16.0 Å². The van der Waals surface area contributed by atoms with Crippen LogP contribution in [-0.4, -0.2) is 57.9 Å². The summed E-state index contributed by atoms with van der Waals surface area (Å²) < 4.78 is 11.1. The minimum Gasteiger partial charge on any atom is -0.381 e. The second-order valence-corrected chi connectivity index (χ2v) is 7.79. The molecule has 1 heterocycles. The maximum atomic E-state index is 12.2. The summed E-state index contributed by atoms with van der Waals surface area (Å²) in [5.41, 5.74) is 1.61. The van der Waals surface area contributed by atoms with E-state index in [-0.39, 0.29) is 29.9 Å². The lowest BCUT2D eigenvalue weighted by Crippen LogP contribution is -2.38. The number of hydrogen-bond donors (Lipinski definition) is 3. The summed E-state index contributed by atoms with van der Waals surface area (Å²) >= 11 is 6.10. The molecule has 0 radical (unpaired) electrons. The van der Waals surface area contributed by atoms with Gasteiger partial charge < -0.3 is 25.4 Å². The minimum atomic E-state index is -0.0646. The van der Waals surface area contributed by atoms with Crippen LogP contribution in [-0.2, 0) is 14.3 Å². The molecular formula is C22H36ClIN4O3. The summed E-state index contributed by atoms with van der Waals surface area (Å²) in [5, 5.41) is 9.95. The normalized spacial score (nSPS) is 14.6. The minimum absolute atomic E-state index is 0. The van der Waals surface area contributed by atoms with E-state index in [1.165, 1.54) is 0 Å². The van der Waals surface area contributed by atoms with Crippen LogP contribution in [0.15, 0.2) is 23.2 Å². The van der Waals surface area contributed by atoms with Gasteiger partial charge in [-0.05, 0) is 56.7 Å². The SMILES string of the molecule is CCNC(=NCCCOCC1CCOCC1)NCCC(=O)Nc1cccc(Cl)c1C.I. The number of hydrogen-bond acceptors (Lipinski definition) is 4. The van der Waals surface area contributed by atoms with Crippen molar-refractivity contribution < 1.29 is 14.3 Å². The van der Waals surface area contributed by atoms with Gasteiger partial charge in [-0.3, -0.25) is 9.79 Å². The predicted octanol–water partition coefficient (Wildman–Crippen LogP) is 3.98. The van der Waals surface area contributed by atoms with Crippen LogP contribution in [0, 0.1) is 12.8 Å².